The Balaban J connectivity index is 1.12. The van der Waals surface area contributed by atoms with Crippen LogP contribution in [0.2, 0.25) is 0 Å². The van der Waals surface area contributed by atoms with E-state index in [-0.39, 0.29) is 11.9 Å². The molecule has 1 saturated heterocycles. The molecule has 5 nitrogen and oxygen atoms in total. The molecule has 2 heterocycles. The number of amides is 1. The molecule has 0 unspecified atom stereocenters. The highest BCUT2D eigenvalue weighted by atomic mass is 32.1. The maximum Gasteiger partial charge on any atom is 0.263 e. The van der Waals surface area contributed by atoms with Gasteiger partial charge in [0.1, 0.15) is 10.6 Å². The van der Waals surface area contributed by atoms with Crippen molar-refractivity contribution in [1.82, 2.24) is 9.69 Å². The average molecular weight is 434 g/mol. The molecule has 5 rings (SSSR count). The number of hydrogen-bond acceptors (Lipinski definition) is 5. The third-order valence-corrected chi connectivity index (χ3v) is 6.93. The second-order valence-corrected chi connectivity index (χ2v) is 9.42. The third-order valence-electron chi connectivity index (χ3n) is 6.18. The largest absolute Gasteiger partial charge is 0.493 e. The Bertz CT molecular complexity index is 1010. The summed E-state index contributed by atoms with van der Waals surface area (Å²) >= 11 is 1.22. The molecule has 1 amide bonds. The fourth-order valence-corrected chi connectivity index (χ4v) is 4.39. The first-order valence-corrected chi connectivity index (χ1v) is 11.7. The minimum Gasteiger partial charge on any atom is -0.493 e. The summed E-state index contributed by atoms with van der Waals surface area (Å²) in [5.74, 6) is 2.22. The van der Waals surface area contributed by atoms with Crippen molar-refractivity contribution in [3.8, 4) is 5.75 Å². The second-order valence-electron chi connectivity index (χ2n) is 8.59. The van der Waals surface area contributed by atoms with Gasteiger partial charge in [-0.15, -0.1) is 0 Å². The molecule has 1 aliphatic carbocycles. The molecule has 31 heavy (non-hydrogen) atoms. The highest BCUT2D eigenvalue weighted by Crippen LogP contribution is 2.34. The minimum atomic E-state index is -0.0716. The average Bonchev–Trinajstić information content (AvgIpc) is 3.42. The molecule has 0 radical (unpaired) electrons. The Kier molecular flexibility index (Phi) is 5.64. The van der Waals surface area contributed by atoms with E-state index in [0.717, 1.165) is 36.9 Å². The van der Waals surface area contributed by atoms with E-state index in [9.17, 15) is 4.79 Å². The van der Waals surface area contributed by atoms with Crippen LogP contribution in [-0.2, 0) is 0 Å². The summed E-state index contributed by atoms with van der Waals surface area (Å²) in [7, 11) is 0. The predicted octanol–water partition coefficient (Wildman–Crippen LogP) is 5.03. The van der Waals surface area contributed by atoms with Crippen molar-refractivity contribution >= 4 is 23.1 Å². The van der Waals surface area contributed by atoms with E-state index >= 15 is 0 Å². The van der Waals surface area contributed by atoms with Gasteiger partial charge in [-0.3, -0.25) is 4.79 Å². The van der Waals surface area contributed by atoms with Crippen molar-refractivity contribution in [2.75, 3.05) is 24.6 Å². The molecule has 1 saturated carbocycles. The van der Waals surface area contributed by atoms with Crippen LogP contribution in [0.3, 0.4) is 0 Å². The van der Waals surface area contributed by atoms with Gasteiger partial charge in [-0.25, -0.2) is 4.37 Å². The first-order chi connectivity index (χ1) is 15.2. The van der Waals surface area contributed by atoms with Crippen molar-refractivity contribution in [2.24, 2.45) is 5.92 Å². The number of carbonyl (C=O) groups is 1. The van der Waals surface area contributed by atoms with E-state index in [1.165, 1.54) is 35.6 Å². The molecular formula is C25H27N3O2S. The normalized spacial score (nSPS) is 17.1. The predicted molar refractivity (Wildman–Crippen MR) is 124 cm³/mol. The van der Waals surface area contributed by atoms with Gasteiger partial charge in [0.15, 0.2) is 0 Å². The van der Waals surface area contributed by atoms with Gasteiger partial charge in [0.2, 0.25) is 0 Å². The molecule has 160 valence electrons. The fraction of sp³-hybridized carbons (Fsp3) is 0.360. The van der Waals surface area contributed by atoms with Crippen LogP contribution >= 0.6 is 11.5 Å². The molecule has 1 N–H and O–H groups in total. The van der Waals surface area contributed by atoms with Crippen molar-refractivity contribution in [1.29, 1.82) is 0 Å². The van der Waals surface area contributed by atoms with E-state index in [2.05, 4.69) is 63.1 Å². The Hall–Kier alpha value is -2.86. The summed E-state index contributed by atoms with van der Waals surface area (Å²) in [6.07, 6.45) is 4.28. The van der Waals surface area contributed by atoms with E-state index in [1.807, 2.05) is 6.92 Å². The summed E-state index contributed by atoms with van der Waals surface area (Å²) in [6, 6.07) is 18.8. The lowest BCUT2D eigenvalue weighted by Crippen LogP contribution is -2.45. The zero-order valence-electron chi connectivity index (χ0n) is 17.7. The molecule has 2 aliphatic rings. The van der Waals surface area contributed by atoms with Crippen LogP contribution in [0.4, 0.5) is 5.69 Å². The maximum absolute atomic E-state index is 12.2. The van der Waals surface area contributed by atoms with Gasteiger partial charge >= 0.3 is 0 Å². The fourth-order valence-electron chi connectivity index (χ4n) is 3.89. The third kappa shape index (κ3) is 4.74. The summed E-state index contributed by atoms with van der Waals surface area (Å²) < 4.78 is 9.82. The van der Waals surface area contributed by atoms with E-state index in [4.69, 9.17) is 4.74 Å². The number of anilines is 1. The Morgan fingerprint density at radius 1 is 1.13 bits per heavy atom. The Labute approximate surface area is 187 Å². The number of aromatic nitrogens is 1. The zero-order chi connectivity index (χ0) is 21.2. The van der Waals surface area contributed by atoms with Crippen LogP contribution in [0.25, 0.3) is 0 Å². The van der Waals surface area contributed by atoms with Crippen LogP contribution in [-0.4, -0.2) is 30.0 Å². The smallest absolute Gasteiger partial charge is 0.263 e. The van der Waals surface area contributed by atoms with Crippen LogP contribution < -0.4 is 15.0 Å². The first-order valence-electron chi connectivity index (χ1n) is 10.9. The number of rotatable bonds is 8. The standard InChI is InChI=1S/C25H27N3O2S/c1-17(27-25(29)24-12-13-26-31-24)19-4-6-20(7-5-19)21-14-28(15-21)22-8-10-23(11-9-22)30-16-18-2-3-18/h4-13,17-18,21H,2-3,14-16H2,1H3,(H,27,29)/t17-/m0/s1. The SMILES string of the molecule is C[C@H](NC(=O)c1ccns1)c1ccc(C2CN(c3ccc(OCC4CC4)cc3)C2)cc1. The number of hydrogen-bond donors (Lipinski definition) is 1. The van der Waals surface area contributed by atoms with E-state index < -0.39 is 0 Å². The Morgan fingerprint density at radius 3 is 2.52 bits per heavy atom. The summed E-state index contributed by atoms with van der Waals surface area (Å²) in [4.78, 5) is 15.3. The van der Waals surface area contributed by atoms with Crippen LogP contribution in [0.15, 0.2) is 60.8 Å². The molecule has 0 bridgehead atoms. The molecule has 1 aliphatic heterocycles. The van der Waals surface area contributed by atoms with E-state index in [1.54, 1.807) is 12.3 Å². The summed E-state index contributed by atoms with van der Waals surface area (Å²) in [6.45, 7) is 4.92. The molecule has 0 spiro atoms. The van der Waals surface area contributed by atoms with Crippen molar-refractivity contribution in [2.45, 2.75) is 31.7 Å². The molecule has 2 aromatic carbocycles. The number of benzene rings is 2. The number of nitrogens with zero attached hydrogens (tertiary/aromatic N) is 2. The van der Waals surface area contributed by atoms with Crippen LogP contribution in [0.5, 0.6) is 5.75 Å². The molecule has 3 aromatic rings. The maximum atomic E-state index is 12.2. The van der Waals surface area contributed by atoms with Crippen molar-refractivity contribution in [3.05, 3.63) is 76.8 Å². The van der Waals surface area contributed by atoms with Crippen molar-refractivity contribution < 1.29 is 9.53 Å². The number of ether oxygens (including phenoxy) is 1. The van der Waals surface area contributed by atoms with Gasteiger partial charge in [-0.1, -0.05) is 24.3 Å². The zero-order valence-corrected chi connectivity index (χ0v) is 18.5. The monoisotopic (exact) mass is 433 g/mol. The highest BCUT2D eigenvalue weighted by molar-refractivity contribution is 7.08. The lowest BCUT2D eigenvalue weighted by atomic mass is 9.90. The topological polar surface area (TPSA) is 54.5 Å². The molecule has 1 aromatic heterocycles. The van der Waals surface area contributed by atoms with Crippen LogP contribution in [0.1, 0.15) is 52.5 Å². The minimum absolute atomic E-state index is 0.0396. The summed E-state index contributed by atoms with van der Waals surface area (Å²) in [5.41, 5.74) is 3.72. The second kappa shape index (κ2) is 8.71. The molecule has 6 heteroatoms. The van der Waals surface area contributed by atoms with Crippen LogP contribution in [0, 0.1) is 5.92 Å². The van der Waals surface area contributed by atoms with Gasteiger partial charge < -0.3 is 15.0 Å². The van der Waals surface area contributed by atoms with Crippen molar-refractivity contribution in [3.63, 3.8) is 0 Å². The Morgan fingerprint density at radius 2 is 1.87 bits per heavy atom. The van der Waals surface area contributed by atoms with Gasteiger partial charge in [-0.05, 0) is 78.7 Å². The molecule has 1 atom stereocenters. The highest BCUT2D eigenvalue weighted by Gasteiger charge is 2.28. The van der Waals surface area contributed by atoms with Gasteiger partial charge in [0.25, 0.3) is 5.91 Å². The van der Waals surface area contributed by atoms with Gasteiger partial charge in [0.05, 0.1) is 12.6 Å². The molecule has 2 fully saturated rings. The van der Waals surface area contributed by atoms with E-state index in [0.29, 0.717) is 10.8 Å². The lowest BCUT2D eigenvalue weighted by Gasteiger charge is -2.41. The van der Waals surface area contributed by atoms with Gasteiger partial charge in [0, 0.05) is 30.9 Å². The molecular weight excluding hydrogens is 406 g/mol. The summed E-state index contributed by atoms with van der Waals surface area (Å²) in [5, 5.41) is 3.04. The number of nitrogens with one attached hydrogen (secondary N) is 1. The first kappa shape index (κ1) is 20.1. The quantitative estimate of drug-likeness (QED) is 0.542. The van der Waals surface area contributed by atoms with Gasteiger partial charge in [-0.2, -0.15) is 0 Å². The lowest BCUT2D eigenvalue weighted by molar-refractivity contribution is 0.0944. The number of carbonyl (C=O) groups excluding carboxylic acids is 1.